The fourth-order valence-electron chi connectivity index (χ4n) is 5.30. The fourth-order valence-corrected chi connectivity index (χ4v) is 5.30. The van der Waals surface area contributed by atoms with Crippen molar-refractivity contribution in [1.82, 2.24) is 5.32 Å². The van der Waals surface area contributed by atoms with Crippen molar-refractivity contribution < 1.29 is 9.53 Å². The van der Waals surface area contributed by atoms with Gasteiger partial charge in [0.2, 0.25) is 5.78 Å². The van der Waals surface area contributed by atoms with E-state index >= 15 is 0 Å². The van der Waals surface area contributed by atoms with E-state index in [-0.39, 0.29) is 17.8 Å². The van der Waals surface area contributed by atoms with Crippen LogP contribution in [0.3, 0.4) is 0 Å². The molecule has 1 heterocycles. The molecule has 0 amide bonds. The standard InChI is InChI=1S/C21H23NO2/c23-19-12-16-10-4-8-15-9-5-11-17(20(15)16)21(19)22-13-18(24-21)14-6-2-1-3-7-14/h1-3,5-7,9,12,15,17-18,20,22H,4,8,10-11,13H2/t15-,17+,18+,20+,21-/m1/s1. The van der Waals surface area contributed by atoms with E-state index in [1.807, 2.05) is 24.3 Å². The number of ether oxygens (including phenoxy) is 1. The number of nitrogens with one attached hydrogen (secondary N) is 1. The molecule has 1 aromatic carbocycles. The van der Waals surface area contributed by atoms with Crippen molar-refractivity contribution in [3.63, 3.8) is 0 Å². The fraction of sp³-hybridized carbons (Fsp3) is 0.476. The van der Waals surface area contributed by atoms with Crippen LogP contribution >= 0.6 is 0 Å². The van der Waals surface area contributed by atoms with Gasteiger partial charge in [-0.15, -0.1) is 0 Å². The molecule has 1 saturated carbocycles. The first-order valence-corrected chi connectivity index (χ1v) is 9.17. The van der Waals surface area contributed by atoms with Gasteiger partial charge in [-0.05, 0) is 49.2 Å². The third-order valence-corrected chi connectivity index (χ3v) is 6.35. The van der Waals surface area contributed by atoms with Crippen LogP contribution in [0, 0.1) is 17.8 Å². The molecule has 5 rings (SSSR count). The van der Waals surface area contributed by atoms with Crippen molar-refractivity contribution in [3.05, 3.63) is 59.7 Å². The second-order valence-electron chi connectivity index (χ2n) is 7.57. The van der Waals surface area contributed by atoms with Crippen molar-refractivity contribution in [2.24, 2.45) is 17.8 Å². The number of ketones is 1. The summed E-state index contributed by atoms with van der Waals surface area (Å²) in [5.41, 5.74) is 1.69. The highest BCUT2D eigenvalue weighted by Gasteiger charge is 2.58. The third-order valence-electron chi connectivity index (χ3n) is 6.35. The molecule has 1 spiro atoms. The van der Waals surface area contributed by atoms with Gasteiger partial charge in [0.05, 0.1) is 6.10 Å². The molecule has 2 fully saturated rings. The maximum Gasteiger partial charge on any atom is 0.202 e. The van der Waals surface area contributed by atoms with E-state index < -0.39 is 5.72 Å². The van der Waals surface area contributed by atoms with Gasteiger partial charge in [-0.1, -0.05) is 48.1 Å². The first kappa shape index (κ1) is 14.6. The van der Waals surface area contributed by atoms with Crippen molar-refractivity contribution in [1.29, 1.82) is 0 Å². The molecule has 5 atom stereocenters. The smallest absolute Gasteiger partial charge is 0.202 e. The molecule has 0 bridgehead atoms. The van der Waals surface area contributed by atoms with E-state index in [1.54, 1.807) is 0 Å². The molecule has 1 aromatic rings. The van der Waals surface area contributed by atoms with Crippen LogP contribution in [0.25, 0.3) is 0 Å². The van der Waals surface area contributed by atoms with Crippen LogP contribution in [0.1, 0.15) is 37.4 Å². The molecule has 1 N–H and O–H groups in total. The zero-order valence-electron chi connectivity index (χ0n) is 13.8. The molecule has 0 radical (unpaired) electrons. The quantitative estimate of drug-likeness (QED) is 0.804. The monoisotopic (exact) mass is 321 g/mol. The molecular weight excluding hydrogens is 298 g/mol. The Morgan fingerprint density at radius 1 is 1.21 bits per heavy atom. The van der Waals surface area contributed by atoms with Crippen molar-refractivity contribution in [2.45, 2.75) is 37.5 Å². The van der Waals surface area contributed by atoms with Crippen molar-refractivity contribution >= 4 is 5.78 Å². The number of carbonyl (C=O) groups excluding carboxylic acids is 1. The number of allylic oxidation sites excluding steroid dienone is 3. The van der Waals surface area contributed by atoms with E-state index in [4.69, 9.17) is 4.74 Å². The number of benzene rings is 1. The molecule has 0 aromatic heterocycles. The molecule has 1 aliphatic heterocycles. The second kappa shape index (κ2) is 5.40. The van der Waals surface area contributed by atoms with E-state index in [1.165, 1.54) is 18.4 Å². The summed E-state index contributed by atoms with van der Waals surface area (Å²) < 4.78 is 6.48. The SMILES string of the molecule is O=C1C=C2CCC[C@@H]3C=CC[C@@H]([C@H]23)[C@]12NC[C@@H](c1ccccc1)O2. The summed E-state index contributed by atoms with van der Waals surface area (Å²) in [5, 5.41) is 3.51. The summed E-state index contributed by atoms with van der Waals surface area (Å²) in [4.78, 5) is 13.1. The highest BCUT2D eigenvalue weighted by molar-refractivity contribution is 5.99. The zero-order valence-corrected chi connectivity index (χ0v) is 13.8. The van der Waals surface area contributed by atoms with Crippen LogP contribution in [-0.4, -0.2) is 18.1 Å². The van der Waals surface area contributed by atoms with E-state index in [9.17, 15) is 4.79 Å². The minimum atomic E-state index is -0.824. The number of fused-ring (bicyclic) bond motifs is 1. The lowest BCUT2D eigenvalue weighted by atomic mass is 9.59. The van der Waals surface area contributed by atoms with Gasteiger partial charge in [0, 0.05) is 12.5 Å². The number of hydrogen-bond donors (Lipinski definition) is 1. The lowest BCUT2D eigenvalue weighted by Gasteiger charge is -2.49. The van der Waals surface area contributed by atoms with Gasteiger partial charge in [0.15, 0.2) is 5.72 Å². The minimum Gasteiger partial charge on any atom is -0.343 e. The van der Waals surface area contributed by atoms with Crippen molar-refractivity contribution in [2.75, 3.05) is 6.54 Å². The van der Waals surface area contributed by atoms with E-state index in [0.717, 1.165) is 18.4 Å². The Kier molecular flexibility index (Phi) is 3.29. The first-order chi connectivity index (χ1) is 11.8. The molecule has 3 heteroatoms. The second-order valence-corrected chi connectivity index (χ2v) is 7.57. The van der Waals surface area contributed by atoms with Crippen molar-refractivity contribution in [3.8, 4) is 0 Å². The lowest BCUT2D eigenvalue weighted by molar-refractivity contribution is -0.157. The summed E-state index contributed by atoms with van der Waals surface area (Å²) in [7, 11) is 0. The topological polar surface area (TPSA) is 38.3 Å². The predicted octanol–water partition coefficient (Wildman–Crippen LogP) is 3.55. The van der Waals surface area contributed by atoms with Gasteiger partial charge in [-0.3, -0.25) is 10.1 Å². The number of rotatable bonds is 1. The summed E-state index contributed by atoms with van der Waals surface area (Å²) in [6.07, 6.45) is 11.0. The van der Waals surface area contributed by atoms with E-state index in [0.29, 0.717) is 18.4 Å². The Labute approximate surface area is 142 Å². The van der Waals surface area contributed by atoms with Crippen LogP contribution in [0.2, 0.25) is 0 Å². The average molecular weight is 321 g/mol. The Morgan fingerprint density at radius 3 is 2.96 bits per heavy atom. The van der Waals surface area contributed by atoms with Crippen LogP contribution in [0.5, 0.6) is 0 Å². The van der Waals surface area contributed by atoms with Gasteiger partial charge < -0.3 is 4.74 Å². The molecule has 124 valence electrons. The molecule has 0 unspecified atom stereocenters. The van der Waals surface area contributed by atoms with Crippen LogP contribution in [0.4, 0.5) is 0 Å². The Balaban J connectivity index is 1.53. The van der Waals surface area contributed by atoms with Gasteiger partial charge in [0.25, 0.3) is 0 Å². The maximum atomic E-state index is 13.1. The summed E-state index contributed by atoms with van der Waals surface area (Å²) in [5.74, 6) is 1.42. The van der Waals surface area contributed by atoms with Crippen LogP contribution in [0.15, 0.2) is 54.1 Å². The molecule has 3 aliphatic carbocycles. The minimum absolute atomic E-state index is 0.0435. The van der Waals surface area contributed by atoms with E-state index in [2.05, 4.69) is 29.6 Å². The summed E-state index contributed by atoms with van der Waals surface area (Å²) >= 11 is 0. The molecular formula is C21H23NO2. The Morgan fingerprint density at radius 2 is 2.08 bits per heavy atom. The number of carbonyl (C=O) groups is 1. The predicted molar refractivity (Wildman–Crippen MR) is 92.2 cm³/mol. The largest absolute Gasteiger partial charge is 0.343 e. The van der Waals surface area contributed by atoms with Gasteiger partial charge in [-0.25, -0.2) is 0 Å². The first-order valence-electron chi connectivity index (χ1n) is 9.17. The molecule has 3 nitrogen and oxygen atoms in total. The highest BCUT2D eigenvalue weighted by atomic mass is 16.5. The van der Waals surface area contributed by atoms with Crippen LogP contribution in [-0.2, 0) is 9.53 Å². The Hall–Kier alpha value is -1.71. The van der Waals surface area contributed by atoms with Gasteiger partial charge in [-0.2, -0.15) is 0 Å². The third kappa shape index (κ3) is 2.01. The number of hydrogen-bond acceptors (Lipinski definition) is 3. The Bertz CT molecular complexity index is 723. The molecule has 4 aliphatic rings. The molecule has 1 saturated heterocycles. The lowest BCUT2D eigenvalue weighted by Crippen LogP contribution is -2.60. The summed E-state index contributed by atoms with van der Waals surface area (Å²) in [6, 6.07) is 10.3. The highest BCUT2D eigenvalue weighted by Crippen LogP contribution is 2.53. The van der Waals surface area contributed by atoms with Gasteiger partial charge >= 0.3 is 0 Å². The maximum absolute atomic E-state index is 13.1. The van der Waals surface area contributed by atoms with Gasteiger partial charge in [0.1, 0.15) is 0 Å². The zero-order chi connectivity index (χ0) is 16.1. The average Bonchev–Trinajstić information content (AvgIpc) is 3.07. The molecule has 24 heavy (non-hydrogen) atoms. The summed E-state index contributed by atoms with van der Waals surface area (Å²) in [6.45, 7) is 0.705. The normalized spacial score (nSPS) is 40.5. The van der Waals surface area contributed by atoms with Crippen LogP contribution < -0.4 is 5.32 Å².